The van der Waals surface area contributed by atoms with Crippen LogP contribution in [0, 0.1) is 5.92 Å². The molecule has 3 nitrogen and oxygen atoms in total. The number of rotatable bonds is 2. The van der Waals surface area contributed by atoms with E-state index in [0.717, 1.165) is 31.1 Å². The van der Waals surface area contributed by atoms with Crippen LogP contribution >= 0.6 is 0 Å². The van der Waals surface area contributed by atoms with E-state index in [0.29, 0.717) is 11.9 Å². The highest BCUT2D eigenvalue weighted by Crippen LogP contribution is 2.35. The van der Waals surface area contributed by atoms with Crippen LogP contribution in [0.4, 0.5) is 0 Å². The monoisotopic (exact) mass is 262 g/mol. The van der Waals surface area contributed by atoms with Crippen LogP contribution in [-0.2, 0) is 4.79 Å². The molecule has 0 aromatic heterocycles. The first-order valence-corrected chi connectivity index (χ1v) is 7.97. The van der Waals surface area contributed by atoms with Gasteiger partial charge in [-0.15, -0.1) is 0 Å². The lowest BCUT2D eigenvalue weighted by atomic mass is 9.83. The van der Waals surface area contributed by atoms with Gasteiger partial charge in [0.1, 0.15) is 0 Å². The van der Waals surface area contributed by atoms with Crippen LogP contribution in [-0.4, -0.2) is 36.5 Å². The largest absolute Gasteiger partial charge is 0.336 e. The molecule has 1 saturated carbocycles. The van der Waals surface area contributed by atoms with E-state index < -0.39 is 0 Å². The van der Waals surface area contributed by atoms with Crippen molar-refractivity contribution in [1.82, 2.24) is 10.2 Å². The maximum atomic E-state index is 12.7. The normalized spacial score (nSPS) is 28.4. The first-order chi connectivity index (χ1) is 9.27. The Hall–Kier alpha value is -0.830. The molecule has 0 aromatic carbocycles. The van der Waals surface area contributed by atoms with Crippen LogP contribution in [0.25, 0.3) is 0 Å². The van der Waals surface area contributed by atoms with Crippen molar-refractivity contribution in [2.45, 2.75) is 57.9 Å². The van der Waals surface area contributed by atoms with Gasteiger partial charge in [-0.25, -0.2) is 0 Å². The van der Waals surface area contributed by atoms with Crippen molar-refractivity contribution in [1.29, 1.82) is 0 Å². The molecule has 2 saturated heterocycles. The molecule has 0 aromatic rings. The van der Waals surface area contributed by atoms with Gasteiger partial charge in [-0.05, 0) is 44.1 Å². The number of hydrogen-bond acceptors (Lipinski definition) is 2. The maximum Gasteiger partial charge on any atom is 0.249 e. The number of nitrogens with one attached hydrogen (secondary N) is 1. The summed E-state index contributed by atoms with van der Waals surface area (Å²) in [4.78, 5) is 14.9. The van der Waals surface area contributed by atoms with Gasteiger partial charge in [-0.1, -0.05) is 19.3 Å². The number of likely N-dealkylation sites (tertiary alicyclic amines) is 1. The zero-order valence-electron chi connectivity index (χ0n) is 12.1. The van der Waals surface area contributed by atoms with Crippen LogP contribution in [0.15, 0.2) is 11.1 Å². The molecule has 0 bridgehead atoms. The molecule has 3 rings (SSSR count). The Morgan fingerprint density at radius 2 is 1.84 bits per heavy atom. The van der Waals surface area contributed by atoms with Crippen LogP contribution in [0.1, 0.15) is 51.9 Å². The fourth-order valence-corrected chi connectivity index (χ4v) is 3.94. The van der Waals surface area contributed by atoms with Crippen molar-refractivity contribution in [3.8, 4) is 0 Å². The van der Waals surface area contributed by atoms with Crippen LogP contribution in [0.3, 0.4) is 0 Å². The van der Waals surface area contributed by atoms with Gasteiger partial charge in [0, 0.05) is 31.2 Å². The van der Waals surface area contributed by atoms with E-state index in [9.17, 15) is 4.79 Å². The van der Waals surface area contributed by atoms with Crippen molar-refractivity contribution < 1.29 is 4.79 Å². The van der Waals surface area contributed by atoms with Gasteiger partial charge in [0.25, 0.3) is 0 Å². The van der Waals surface area contributed by atoms with E-state index in [1.54, 1.807) is 0 Å². The summed E-state index contributed by atoms with van der Waals surface area (Å²) in [5.74, 6) is 1.10. The van der Waals surface area contributed by atoms with E-state index in [1.165, 1.54) is 50.5 Å². The van der Waals surface area contributed by atoms with E-state index in [4.69, 9.17) is 0 Å². The van der Waals surface area contributed by atoms with Gasteiger partial charge < -0.3 is 10.2 Å². The predicted octanol–water partition coefficient (Wildman–Crippen LogP) is 2.48. The molecule has 19 heavy (non-hydrogen) atoms. The van der Waals surface area contributed by atoms with Crippen LogP contribution < -0.4 is 5.32 Å². The molecule has 1 unspecified atom stereocenters. The number of carbonyl (C=O) groups excluding carboxylic acids is 1. The second-order valence-corrected chi connectivity index (χ2v) is 6.44. The predicted molar refractivity (Wildman–Crippen MR) is 76.9 cm³/mol. The molecule has 1 atom stereocenters. The summed E-state index contributed by atoms with van der Waals surface area (Å²) < 4.78 is 0. The summed E-state index contributed by atoms with van der Waals surface area (Å²) in [6.07, 6.45) is 9.24. The lowest BCUT2D eigenvalue weighted by molar-refractivity contribution is -0.129. The minimum Gasteiger partial charge on any atom is -0.336 e. The average Bonchev–Trinajstić information content (AvgIpc) is 2.86. The molecule has 2 aliphatic heterocycles. The van der Waals surface area contributed by atoms with E-state index in [2.05, 4.69) is 10.2 Å². The number of amides is 1. The fraction of sp³-hybridized carbons (Fsp3) is 0.812. The Labute approximate surface area is 116 Å². The third-order valence-corrected chi connectivity index (χ3v) is 5.28. The Balaban J connectivity index is 1.70. The lowest BCUT2D eigenvalue weighted by Crippen LogP contribution is -2.43. The lowest BCUT2D eigenvalue weighted by Gasteiger charge is -2.35. The molecule has 3 aliphatic rings. The number of carbonyl (C=O) groups is 1. The van der Waals surface area contributed by atoms with E-state index >= 15 is 0 Å². The quantitative estimate of drug-likeness (QED) is 0.775. The summed E-state index contributed by atoms with van der Waals surface area (Å²) >= 11 is 0. The third kappa shape index (κ3) is 2.58. The molecule has 1 N–H and O–H groups in total. The Morgan fingerprint density at radius 1 is 1.11 bits per heavy atom. The summed E-state index contributed by atoms with van der Waals surface area (Å²) in [6, 6.07) is 0.538. The molecule has 1 aliphatic carbocycles. The Bertz CT molecular complexity index is 376. The van der Waals surface area contributed by atoms with Gasteiger partial charge in [-0.2, -0.15) is 0 Å². The SMILES string of the molecule is CC(C(=O)N1CCCC1C1CCCCC1)=C1CNC1. The molecular weight excluding hydrogens is 236 g/mol. The molecule has 3 fully saturated rings. The van der Waals surface area contributed by atoms with Crippen molar-refractivity contribution in [2.24, 2.45) is 5.92 Å². The topological polar surface area (TPSA) is 32.3 Å². The summed E-state index contributed by atoms with van der Waals surface area (Å²) in [7, 11) is 0. The first-order valence-electron chi connectivity index (χ1n) is 7.97. The van der Waals surface area contributed by atoms with Crippen molar-refractivity contribution in [3.63, 3.8) is 0 Å². The van der Waals surface area contributed by atoms with E-state index in [-0.39, 0.29) is 0 Å². The zero-order chi connectivity index (χ0) is 13.2. The number of nitrogens with zero attached hydrogens (tertiary/aromatic N) is 1. The van der Waals surface area contributed by atoms with Gasteiger partial charge in [0.2, 0.25) is 5.91 Å². The Morgan fingerprint density at radius 3 is 2.47 bits per heavy atom. The summed E-state index contributed by atoms with van der Waals surface area (Å²) in [6.45, 7) is 4.84. The van der Waals surface area contributed by atoms with Gasteiger partial charge in [0.15, 0.2) is 0 Å². The molecule has 3 heteroatoms. The minimum atomic E-state index is 0.324. The van der Waals surface area contributed by atoms with Crippen molar-refractivity contribution in [3.05, 3.63) is 11.1 Å². The zero-order valence-corrected chi connectivity index (χ0v) is 12.1. The van der Waals surface area contributed by atoms with E-state index in [1.807, 2.05) is 6.92 Å². The number of hydrogen-bond donors (Lipinski definition) is 1. The van der Waals surface area contributed by atoms with Crippen LogP contribution in [0.5, 0.6) is 0 Å². The summed E-state index contributed by atoms with van der Waals surface area (Å²) in [5.41, 5.74) is 2.33. The molecule has 1 amide bonds. The van der Waals surface area contributed by atoms with Crippen LogP contribution in [0.2, 0.25) is 0 Å². The molecular formula is C16H26N2O. The van der Waals surface area contributed by atoms with Gasteiger partial charge in [-0.3, -0.25) is 4.79 Å². The van der Waals surface area contributed by atoms with Gasteiger partial charge >= 0.3 is 0 Å². The molecule has 106 valence electrons. The minimum absolute atomic E-state index is 0.324. The standard InChI is InChI=1S/C16H26N2O/c1-12(14-10-17-11-14)16(19)18-9-5-8-15(18)13-6-3-2-4-7-13/h13,15,17H,2-11H2,1H3. The summed E-state index contributed by atoms with van der Waals surface area (Å²) in [5, 5.41) is 3.23. The van der Waals surface area contributed by atoms with Crippen molar-refractivity contribution >= 4 is 5.91 Å². The average molecular weight is 262 g/mol. The maximum absolute atomic E-state index is 12.7. The second-order valence-electron chi connectivity index (χ2n) is 6.44. The third-order valence-electron chi connectivity index (χ3n) is 5.28. The highest BCUT2D eigenvalue weighted by molar-refractivity contribution is 5.94. The van der Waals surface area contributed by atoms with Crippen molar-refractivity contribution in [2.75, 3.05) is 19.6 Å². The Kier molecular flexibility index (Phi) is 3.92. The van der Waals surface area contributed by atoms with Gasteiger partial charge in [0.05, 0.1) is 0 Å². The first kappa shape index (κ1) is 13.2. The highest BCUT2D eigenvalue weighted by Gasteiger charge is 2.36. The fourth-order valence-electron chi connectivity index (χ4n) is 3.94. The molecule has 0 radical (unpaired) electrons. The highest BCUT2D eigenvalue weighted by atomic mass is 16.2. The second kappa shape index (κ2) is 5.66. The molecule has 0 spiro atoms. The smallest absolute Gasteiger partial charge is 0.249 e. The molecule has 2 heterocycles.